The SMILES string of the molecule is O=S(=O)(c1ccc(CBr)cc1)N1CCCC1C1CCCC1. The summed E-state index contributed by atoms with van der Waals surface area (Å²) < 4.78 is 27.6. The van der Waals surface area contributed by atoms with Crippen molar-refractivity contribution in [1.82, 2.24) is 4.31 Å². The van der Waals surface area contributed by atoms with E-state index in [0.717, 1.165) is 23.7 Å². The molecule has 0 radical (unpaired) electrons. The average Bonchev–Trinajstić information content (AvgIpc) is 3.17. The van der Waals surface area contributed by atoms with Crippen molar-refractivity contribution in [3.63, 3.8) is 0 Å². The Morgan fingerprint density at radius 2 is 1.71 bits per heavy atom. The minimum atomic E-state index is -3.33. The topological polar surface area (TPSA) is 37.4 Å². The minimum Gasteiger partial charge on any atom is -0.207 e. The Bertz CT molecular complexity index is 579. The first-order valence-electron chi connectivity index (χ1n) is 7.79. The van der Waals surface area contributed by atoms with Crippen LogP contribution in [0.5, 0.6) is 0 Å². The van der Waals surface area contributed by atoms with E-state index in [-0.39, 0.29) is 6.04 Å². The molecule has 116 valence electrons. The van der Waals surface area contributed by atoms with Gasteiger partial charge in [-0.05, 0) is 49.3 Å². The molecule has 0 spiro atoms. The van der Waals surface area contributed by atoms with Gasteiger partial charge >= 0.3 is 0 Å². The van der Waals surface area contributed by atoms with Crippen molar-refractivity contribution < 1.29 is 8.42 Å². The predicted molar refractivity (Wildman–Crippen MR) is 87.9 cm³/mol. The Kier molecular flexibility index (Phi) is 4.71. The van der Waals surface area contributed by atoms with Crippen LogP contribution in [0.2, 0.25) is 0 Å². The molecule has 0 N–H and O–H groups in total. The molecule has 2 fully saturated rings. The van der Waals surface area contributed by atoms with Crippen molar-refractivity contribution in [2.75, 3.05) is 6.54 Å². The summed E-state index contributed by atoms with van der Waals surface area (Å²) in [4.78, 5) is 0.442. The standard InChI is InChI=1S/C16H22BrNO2S/c17-12-13-7-9-15(10-8-13)21(19,20)18-11-3-6-16(18)14-4-1-2-5-14/h7-10,14,16H,1-6,11-12H2. The van der Waals surface area contributed by atoms with Crippen LogP contribution in [0.15, 0.2) is 29.2 Å². The molecular formula is C16H22BrNO2S. The Morgan fingerprint density at radius 1 is 1.05 bits per heavy atom. The molecule has 21 heavy (non-hydrogen) atoms. The van der Waals surface area contributed by atoms with Gasteiger partial charge in [-0.25, -0.2) is 8.42 Å². The number of hydrogen-bond donors (Lipinski definition) is 0. The Hall–Kier alpha value is -0.390. The lowest BCUT2D eigenvalue weighted by Gasteiger charge is -2.28. The molecule has 1 saturated carbocycles. The maximum Gasteiger partial charge on any atom is 0.243 e. The van der Waals surface area contributed by atoms with Crippen molar-refractivity contribution in [3.8, 4) is 0 Å². The Balaban J connectivity index is 1.85. The average molecular weight is 372 g/mol. The highest BCUT2D eigenvalue weighted by atomic mass is 79.9. The molecule has 1 aliphatic heterocycles. The van der Waals surface area contributed by atoms with Crippen LogP contribution in [0.25, 0.3) is 0 Å². The van der Waals surface area contributed by atoms with Crippen LogP contribution in [-0.4, -0.2) is 25.3 Å². The van der Waals surface area contributed by atoms with Gasteiger partial charge < -0.3 is 0 Å². The van der Waals surface area contributed by atoms with E-state index >= 15 is 0 Å². The Labute approximate surface area is 135 Å². The van der Waals surface area contributed by atoms with Crippen LogP contribution >= 0.6 is 15.9 Å². The lowest BCUT2D eigenvalue weighted by atomic mass is 9.97. The summed E-state index contributed by atoms with van der Waals surface area (Å²) in [5.74, 6) is 0.573. The van der Waals surface area contributed by atoms with Crippen molar-refractivity contribution in [3.05, 3.63) is 29.8 Å². The van der Waals surface area contributed by atoms with Crippen LogP contribution in [0.1, 0.15) is 44.1 Å². The summed E-state index contributed by atoms with van der Waals surface area (Å²) in [7, 11) is -3.33. The fourth-order valence-corrected chi connectivity index (χ4v) is 5.89. The van der Waals surface area contributed by atoms with Gasteiger partial charge in [0, 0.05) is 17.9 Å². The quantitative estimate of drug-likeness (QED) is 0.752. The van der Waals surface area contributed by atoms with Gasteiger partial charge in [0.25, 0.3) is 0 Å². The van der Waals surface area contributed by atoms with Crippen molar-refractivity contribution in [1.29, 1.82) is 0 Å². The molecule has 1 unspecified atom stereocenters. The maximum absolute atomic E-state index is 12.9. The van der Waals surface area contributed by atoms with E-state index in [1.54, 1.807) is 16.4 Å². The monoisotopic (exact) mass is 371 g/mol. The fraction of sp³-hybridized carbons (Fsp3) is 0.625. The summed E-state index contributed by atoms with van der Waals surface area (Å²) in [6, 6.07) is 7.50. The lowest BCUT2D eigenvalue weighted by Crippen LogP contribution is -2.39. The normalized spacial score (nSPS) is 24.7. The van der Waals surface area contributed by atoms with E-state index in [1.165, 1.54) is 25.7 Å². The van der Waals surface area contributed by atoms with Crippen molar-refractivity contribution in [2.24, 2.45) is 5.92 Å². The summed E-state index contributed by atoms with van der Waals surface area (Å²) in [5, 5.41) is 0.752. The molecule has 1 atom stereocenters. The molecule has 1 aromatic carbocycles. The number of alkyl halides is 1. The molecule has 2 aliphatic rings. The Morgan fingerprint density at radius 3 is 2.33 bits per heavy atom. The third kappa shape index (κ3) is 3.06. The van der Waals surface area contributed by atoms with E-state index in [4.69, 9.17) is 0 Å². The van der Waals surface area contributed by atoms with Crippen LogP contribution in [0.3, 0.4) is 0 Å². The van der Waals surface area contributed by atoms with Crippen molar-refractivity contribution in [2.45, 2.75) is 54.8 Å². The number of halogens is 1. The van der Waals surface area contributed by atoms with Gasteiger partial charge in [0.15, 0.2) is 0 Å². The number of rotatable bonds is 4. The lowest BCUT2D eigenvalue weighted by molar-refractivity contribution is 0.288. The van der Waals surface area contributed by atoms with E-state index in [0.29, 0.717) is 17.4 Å². The fourth-order valence-electron chi connectivity index (χ4n) is 3.76. The van der Waals surface area contributed by atoms with Crippen LogP contribution < -0.4 is 0 Å². The van der Waals surface area contributed by atoms with Crippen molar-refractivity contribution >= 4 is 26.0 Å². The zero-order valence-corrected chi connectivity index (χ0v) is 14.6. The molecule has 1 aromatic rings. The molecular weight excluding hydrogens is 350 g/mol. The van der Waals surface area contributed by atoms with Gasteiger partial charge in [0.05, 0.1) is 4.90 Å². The molecule has 5 heteroatoms. The first-order valence-corrected chi connectivity index (χ1v) is 10.4. The summed E-state index contributed by atoms with van der Waals surface area (Å²) >= 11 is 3.39. The second kappa shape index (κ2) is 6.39. The van der Waals surface area contributed by atoms with Gasteiger partial charge in [-0.1, -0.05) is 40.9 Å². The van der Waals surface area contributed by atoms with Gasteiger partial charge in [0.1, 0.15) is 0 Å². The van der Waals surface area contributed by atoms with E-state index in [1.807, 2.05) is 12.1 Å². The number of sulfonamides is 1. The summed E-state index contributed by atoms with van der Waals surface area (Å²) in [6.45, 7) is 0.684. The minimum absolute atomic E-state index is 0.230. The first-order chi connectivity index (χ1) is 10.1. The van der Waals surface area contributed by atoms with Gasteiger partial charge in [-0.2, -0.15) is 4.31 Å². The predicted octanol–water partition coefficient (Wildman–Crippen LogP) is 3.92. The van der Waals surface area contributed by atoms with Crippen LogP contribution in [0, 0.1) is 5.92 Å². The highest BCUT2D eigenvalue weighted by molar-refractivity contribution is 9.08. The largest absolute Gasteiger partial charge is 0.243 e. The summed E-state index contributed by atoms with van der Waals surface area (Å²) in [5.41, 5.74) is 1.10. The van der Waals surface area contributed by atoms with E-state index in [2.05, 4.69) is 15.9 Å². The number of benzene rings is 1. The van der Waals surface area contributed by atoms with Gasteiger partial charge in [0.2, 0.25) is 10.0 Å². The molecule has 3 rings (SSSR count). The van der Waals surface area contributed by atoms with Gasteiger partial charge in [-0.3, -0.25) is 0 Å². The molecule has 1 saturated heterocycles. The third-order valence-corrected chi connectivity index (χ3v) is 7.46. The summed E-state index contributed by atoms with van der Waals surface area (Å²) in [6.07, 6.45) is 6.94. The molecule has 3 nitrogen and oxygen atoms in total. The van der Waals surface area contributed by atoms with E-state index < -0.39 is 10.0 Å². The van der Waals surface area contributed by atoms with E-state index in [9.17, 15) is 8.42 Å². The van der Waals surface area contributed by atoms with Crippen LogP contribution in [-0.2, 0) is 15.4 Å². The first kappa shape index (κ1) is 15.5. The molecule has 0 bridgehead atoms. The van der Waals surface area contributed by atoms with Gasteiger partial charge in [-0.15, -0.1) is 0 Å². The molecule has 1 heterocycles. The number of nitrogens with zero attached hydrogens (tertiary/aromatic N) is 1. The molecule has 0 aromatic heterocycles. The maximum atomic E-state index is 12.9. The highest BCUT2D eigenvalue weighted by Crippen LogP contribution is 2.38. The van der Waals surface area contributed by atoms with Crippen LogP contribution in [0.4, 0.5) is 0 Å². The zero-order valence-electron chi connectivity index (χ0n) is 12.2. The molecule has 1 aliphatic carbocycles. The zero-order chi connectivity index (χ0) is 14.9. The second-order valence-electron chi connectivity index (χ2n) is 6.15. The third-order valence-electron chi connectivity index (χ3n) is 4.88. The highest BCUT2D eigenvalue weighted by Gasteiger charge is 2.40. The number of hydrogen-bond acceptors (Lipinski definition) is 2. The smallest absolute Gasteiger partial charge is 0.207 e. The second-order valence-corrected chi connectivity index (χ2v) is 8.60. The molecule has 0 amide bonds.